The van der Waals surface area contributed by atoms with Crippen molar-refractivity contribution in [3.8, 4) is 11.5 Å². The summed E-state index contributed by atoms with van der Waals surface area (Å²) in [5.74, 6) is 1.12. The van der Waals surface area contributed by atoms with Crippen molar-refractivity contribution in [3.05, 3.63) is 24.3 Å². The van der Waals surface area contributed by atoms with Gasteiger partial charge in [-0.2, -0.15) is 0 Å². The van der Waals surface area contributed by atoms with Crippen molar-refractivity contribution in [1.82, 2.24) is 10.2 Å². The topological polar surface area (TPSA) is 33.7 Å². The summed E-state index contributed by atoms with van der Waals surface area (Å²) in [5, 5.41) is 3.56. The molecule has 1 aromatic carbocycles. The molecule has 0 saturated carbocycles. The number of hydrogen-bond donors (Lipinski definition) is 1. The van der Waals surface area contributed by atoms with Crippen LogP contribution in [0.25, 0.3) is 0 Å². The molecule has 1 aliphatic rings. The number of fused-ring (bicyclic) bond motifs is 1. The van der Waals surface area contributed by atoms with Crippen molar-refractivity contribution in [3.63, 3.8) is 0 Å². The first-order chi connectivity index (χ1) is 10.1. The minimum absolute atomic E-state index is 0.347. The first-order valence-electron chi connectivity index (χ1n) is 7.99. The molecule has 4 heteroatoms. The summed E-state index contributed by atoms with van der Waals surface area (Å²) in [5.41, 5.74) is 0. The highest BCUT2D eigenvalue weighted by atomic mass is 16.7. The number of rotatable bonds is 8. The minimum atomic E-state index is -0.564. The Bertz CT molecular complexity index is 421. The average Bonchev–Trinajstić information content (AvgIpc) is 2.79. The van der Waals surface area contributed by atoms with Crippen LogP contribution in [0.5, 0.6) is 11.5 Å². The second-order valence-corrected chi connectivity index (χ2v) is 5.87. The van der Waals surface area contributed by atoms with Crippen molar-refractivity contribution < 1.29 is 9.47 Å². The molecule has 4 nitrogen and oxygen atoms in total. The number of hydrogen-bond acceptors (Lipinski definition) is 4. The molecule has 1 unspecified atom stereocenters. The summed E-state index contributed by atoms with van der Waals surface area (Å²) in [7, 11) is 0. The Morgan fingerprint density at radius 2 is 1.71 bits per heavy atom. The third-order valence-corrected chi connectivity index (χ3v) is 3.99. The molecular formula is C17H28N2O2. The van der Waals surface area contributed by atoms with E-state index in [1.54, 1.807) is 0 Å². The second kappa shape index (κ2) is 7.14. The number of ether oxygens (including phenoxy) is 2. The van der Waals surface area contributed by atoms with E-state index < -0.39 is 5.79 Å². The lowest BCUT2D eigenvalue weighted by Crippen LogP contribution is -2.44. The van der Waals surface area contributed by atoms with E-state index in [9.17, 15) is 0 Å². The fourth-order valence-corrected chi connectivity index (χ4v) is 2.83. The van der Waals surface area contributed by atoms with E-state index in [-0.39, 0.29) is 0 Å². The largest absolute Gasteiger partial charge is 0.449 e. The SMILES string of the molecule is CCN(CC)CCNC(C)CC1(C)Oc2ccccc2O1. The highest BCUT2D eigenvalue weighted by Gasteiger charge is 2.37. The monoisotopic (exact) mass is 292 g/mol. The molecule has 0 amide bonds. The van der Waals surface area contributed by atoms with Crippen molar-refractivity contribution in [2.75, 3.05) is 26.2 Å². The number of nitrogens with one attached hydrogen (secondary N) is 1. The lowest BCUT2D eigenvalue weighted by atomic mass is 10.1. The third-order valence-electron chi connectivity index (χ3n) is 3.99. The fraction of sp³-hybridized carbons (Fsp3) is 0.647. The Morgan fingerprint density at radius 3 is 2.24 bits per heavy atom. The number of para-hydroxylation sites is 2. The maximum atomic E-state index is 5.96. The quantitative estimate of drug-likeness (QED) is 0.799. The van der Waals surface area contributed by atoms with Gasteiger partial charge < -0.3 is 19.7 Å². The molecule has 0 fully saturated rings. The highest BCUT2D eigenvalue weighted by molar-refractivity contribution is 5.42. The van der Waals surface area contributed by atoms with Crippen LogP contribution in [0, 0.1) is 0 Å². The van der Waals surface area contributed by atoms with Gasteiger partial charge >= 0.3 is 0 Å². The van der Waals surface area contributed by atoms with E-state index in [2.05, 4.69) is 31.0 Å². The average molecular weight is 292 g/mol. The van der Waals surface area contributed by atoms with Gasteiger partial charge in [0.1, 0.15) is 0 Å². The maximum absolute atomic E-state index is 5.96. The van der Waals surface area contributed by atoms with Gasteiger partial charge in [0.15, 0.2) is 11.5 Å². The van der Waals surface area contributed by atoms with Gasteiger partial charge in [0.25, 0.3) is 0 Å². The first kappa shape index (κ1) is 16.1. The van der Waals surface area contributed by atoms with Crippen LogP contribution in [0.4, 0.5) is 0 Å². The van der Waals surface area contributed by atoms with E-state index in [4.69, 9.17) is 9.47 Å². The molecular weight excluding hydrogens is 264 g/mol. The molecule has 0 bridgehead atoms. The molecule has 0 aromatic heterocycles. The van der Waals surface area contributed by atoms with Gasteiger partial charge in [0, 0.05) is 32.5 Å². The summed E-state index contributed by atoms with van der Waals surface area (Å²) in [4.78, 5) is 2.42. The van der Waals surface area contributed by atoms with Gasteiger partial charge in [-0.15, -0.1) is 0 Å². The van der Waals surface area contributed by atoms with Crippen LogP contribution in [-0.4, -0.2) is 42.9 Å². The summed E-state index contributed by atoms with van der Waals surface area (Å²) in [6, 6.07) is 8.21. The second-order valence-electron chi connectivity index (χ2n) is 5.87. The van der Waals surface area contributed by atoms with Crippen molar-refractivity contribution in [1.29, 1.82) is 0 Å². The van der Waals surface area contributed by atoms with Crippen molar-refractivity contribution in [2.24, 2.45) is 0 Å². The summed E-state index contributed by atoms with van der Waals surface area (Å²) >= 11 is 0. The summed E-state index contributed by atoms with van der Waals surface area (Å²) in [6.45, 7) is 12.9. The van der Waals surface area contributed by atoms with Gasteiger partial charge in [-0.05, 0) is 32.1 Å². The molecule has 118 valence electrons. The predicted molar refractivity (Wildman–Crippen MR) is 86.0 cm³/mol. The van der Waals surface area contributed by atoms with Crippen LogP contribution in [0.15, 0.2) is 24.3 Å². The third kappa shape index (κ3) is 4.35. The number of likely N-dealkylation sites (N-methyl/N-ethyl adjacent to an activating group) is 1. The van der Waals surface area contributed by atoms with Crippen LogP contribution in [0.3, 0.4) is 0 Å². The molecule has 0 aliphatic carbocycles. The lowest BCUT2D eigenvalue weighted by Gasteiger charge is -2.27. The lowest BCUT2D eigenvalue weighted by molar-refractivity contribution is -0.0736. The molecule has 1 N–H and O–H groups in total. The molecule has 0 spiro atoms. The minimum Gasteiger partial charge on any atom is -0.449 e. The Morgan fingerprint density at radius 1 is 1.14 bits per heavy atom. The van der Waals surface area contributed by atoms with Crippen LogP contribution in [0.1, 0.15) is 34.1 Å². The fourth-order valence-electron chi connectivity index (χ4n) is 2.83. The van der Waals surface area contributed by atoms with Gasteiger partial charge in [0.05, 0.1) is 0 Å². The molecule has 1 atom stereocenters. The summed E-state index contributed by atoms with van der Waals surface area (Å²) < 4.78 is 11.9. The zero-order chi connectivity index (χ0) is 15.3. The first-order valence-corrected chi connectivity index (χ1v) is 7.99. The van der Waals surface area contributed by atoms with Crippen LogP contribution >= 0.6 is 0 Å². The van der Waals surface area contributed by atoms with E-state index in [0.717, 1.165) is 44.1 Å². The standard InChI is InChI=1S/C17H28N2O2/c1-5-19(6-2)12-11-18-14(3)13-17(4)20-15-9-7-8-10-16(15)21-17/h7-10,14,18H,5-6,11-13H2,1-4H3. The van der Waals surface area contributed by atoms with Crippen molar-refractivity contribution in [2.45, 2.75) is 45.9 Å². The van der Waals surface area contributed by atoms with Gasteiger partial charge in [0.2, 0.25) is 5.79 Å². The van der Waals surface area contributed by atoms with Crippen LogP contribution in [-0.2, 0) is 0 Å². The van der Waals surface area contributed by atoms with Crippen LogP contribution < -0.4 is 14.8 Å². The zero-order valence-electron chi connectivity index (χ0n) is 13.7. The predicted octanol–water partition coefficient (Wildman–Crippen LogP) is 2.88. The molecule has 2 rings (SSSR count). The highest BCUT2D eigenvalue weighted by Crippen LogP contribution is 2.40. The Kier molecular flexibility index (Phi) is 5.48. The Balaban J connectivity index is 1.77. The maximum Gasteiger partial charge on any atom is 0.250 e. The summed E-state index contributed by atoms with van der Waals surface area (Å²) in [6.07, 6.45) is 0.819. The normalized spacial score (nSPS) is 17.2. The van der Waals surface area contributed by atoms with Gasteiger partial charge in [-0.3, -0.25) is 0 Å². The van der Waals surface area contributed by atoms with Crippen LogP contribution in [0.2, 0.25) is 0 Å². The van der Waals surface area contributed by atoms with E-state index in [1.165, 1.54) is 0 Å². The number of nitrogens with zero attached hydrogens (tertiary/aromatic N) is 1. The van der Waals surface area contributed by atoms with E-state index in [1.807, 2.05) is 31.2 Å². The molecule has 0 saturated heterocycles. The molecule has 21 heavy (non-hydrogen) atoms. The molecule has 1 heterocycles. The van der Waals surface area contributed by atoms with Gasteiger partial charge in [-0.25, -0.2) is 0 Å². The van der Waals surface area contributed by atoms with E-state index >= 15 is 0 Å². The Hall–Kier alpha value is -1.26. The van der Waals surface area contributed by atoms with Crippen molar-refractivity contribution >= 4 is 0 Å². The van der Waals surface area contributed by atoms with Gasteiger partial charge in [-0.1, -0.05) is 26.0 Å². The molecule has 1 aromatic rings. The van der Waals surface area contributed by atoms with E-state index in [0.29, 0.717) is 6.04 Å². The number of benzene rings is 1. The molecule has 0 radical (unpaired) electrons. The molecule has 1 aliphatic heterocycles. The Labute approximate surface area is 128 Å². The zero-order valence-corrected chi connectivity index (χ0v) is 13.7. The smallest absolute Gasteiger partial charge is 0.250 e.